The fourth-order valence-corrected chi connectivity index (χ4v) is 3.96. The molecule has 1 aliphatic heterocycles. The third-order valence-corrected chi connectivity index (χ3v) is 5.41. The molecule has 1 saturated heterocycles. The molecule has 0 saturated carbocycles. The Bertz CT molecular complexity index is 688. The van der Waals surface area contributed by atoms with Crippen molar-refractivity contribution in [1.82, 2.24) is 15.2 Å². The summed E-state index contributed by atoms with van der Waals surface area (Å²) in [6.07, 6.45) is 2.73. The quantitative estimate of drug-likeness (QED) is 0.877. The maximum absolute atomic E-state index is 12.8. The van der Waals surface area contributed by atoms with Crippen molar-refractivity contribution in [2.75, 3.05) is 31.1 Å². The van der Waals surface area contributed by atoms with Gasteiger partial charge in [-0.3, -0.25) is 0 Å². The van der Waals surface area contributed by atoms with E-state index >= 15 is 0 Å². The highest BCUT2D eigenvalue weighted by Gasteiger charge is 2.26. The van der Waals surface area contributed by atoms with E-state index in [1.54, 1.807) is 11.3 Å². The van der Waals surface area contributed by atoms with Crippen LogP contribution in [0.1, 0.15) is 38.8 Å². The minimum Gasteiger partial charge on any atom is -0.345 e. The zero-order valence-electron chi connectivity index (χ0n) is 15.8. The molecular weight excluding hydrogens is 344 g/mol. The molecule has 26 heavy (non-hydrogen) atoms. The zero-order valence-corrected chi connectivity index (χ0v) is 16.6. The van der Waals surface area contributed by atoms with Gasteiger partial charge in [0.15, 0.2) is 5.13 Å². The number of benzene rings is 1. The Morgan fingerprint density at radius 3 is 2.46 bits per heavy atom. The SMILES string of the molecule is CC(C)(C)CC(NC(=O)N1CCN(c2nccs2)CC1)c1ccccc1. The van der Waals surface area contributed by atoms with Gasteiger partial charge in [0, 0.05) is 37.8 Å². The van der Waals surface area contributed by atoms with Gasteiger partial charge in [0.1, 0.15) is 0 Å². The van der Waals surface area contributed by atoms with Gasteiger partial charge in [-0.05, 0) is 17.4 Å². The third kappa shape index (κ3) is 4.97. The van der Waals surface area contributed by atoms with Crippen molar-refractivity contribution < 1.29 is 4.79 Å². The normalized spacial score (nSPS) is 16.4. The number of rotatable bonds is 4. The molecule has 1 unspecified atom stereocenters. The van der Waals surface area contributed by atoms with E-state index in [4.69, 9.17) is 0 Å². The molecule has 140 valence electrons. The maximum atomic E-state index is 12.8. The Morgan fingerprint density at radius 2 is 1.88 bits per heavy atom. The molecular formula is C20H28N4OS. The maximum Gasteiger partial charge on any atom is 0.318 e. The van der Waals surface area contributed by atoms with Gasteiger partial charge in [0.2, 0.25) is 0 Å². The molecule has 1 N–H and O–H groups in total. The van der Waals surface area contributed by atoms with Crippen LogP contribution in [-0.4, -0.2) is 42.1 Å². The van der Waals surface area contributed by atoms with Crippen molar-refractivity contribution in [2.24, 2.45) is 5.41 Å². The first kappa shape index (κ1) is 18.7. The van der Waals surface area contributed by atoms with E-state index in [-0.39, 0.29) is 17.5 Å². The van der Waals surface area contributed by atoms with Crippen LogP contribution in [0, 0.1) is 5.41 Å². The average Bonchev–Trinajstić information content (AvgIpc) is 3.15. The molecule has 0 aliphatic carbocycles. The fourth-order valence-electron chi connectivity index (χ4n) is 3.26. The van der Waals surface area contributed by atoms with E-state index in [9.17, 15) is 4.79 Å². The molecule has 2 amide bonds. The number of thiazole rings is 1. The van der Waals surface area contributed by atoms with Crippen LogP contribution in [0.15, 0.2) is 41.9 Å². The fraction of sp³-hybridized carbons (Fsp3) is 0.500. The smallest absolute Gasteiger partial charge is 0.318 e. The minimum absolute atomic E-state index is 0.0284. The number of piperazine rings is 1. The molecule has 5 nitrogen and oxygen atoms in total. The molecule has 0 radical (unpaired) electrons. The molecule has 0 bridgehead atoms. The largest absolute Gasteiger partial charge is 0.345 e. The Hall–Kier alpha value is -2.08. The molecule has 1 atom stereocenters. The Morgan fingerprint density at radius 1 is 1.19 bits per heavy atom. The zero-order chi connectivity index (χ0) is 18.6. The van der Waals surface area contributed by atoms with Gasteiger partial charge in [0.25, 0.3) is 0 Å². The predicted molar refractivity (Wildman–Crippen MR) is 108 cm³/mol. The second-order valence-corrected chi connectivity index (χ2v) is 8.84. The summed E-state index contributed by atoms with van der Waals surface area (Å²) in [6.45, 7) is 9.74. The average molecular weight is 373 g/mol. The summed E-state index contributed by atoms with van der Waals surface area (Å²) in [5.74, 6) is 0. The molecule has 2 aromatic rings. The first-order valence-corrected chi connectivity index (χ1v) is 10.1. The van der Waals surface area contributed by atoms with Crippen LogP contribution in [0.4, 0.5) is 9.93 Å². The highest BCUT2D eigenvalue weighted by molar-refractivity contribution is 7.13. The molecule has 3 rings (SSSR count). The van der Waals surface area contributed by atoms with Crippen molar-refractivity contribution in [3.63, 3.8) is 0 Å². The number of hydrogen-bond acceptors (Lipinski definition) is 4. The van der Waals surface area contributed by atoms with E-state index in [2.05, 4.69) is 48.1 Å². The first-order valence-electron chi connectivity index (χ1n) is 9.17. The van der Waals surface area contributed by atoms with Crippen molar-refractivity contribution in [3.05, 3.63) is 47.5 Å². The summed E-state index contributed by atoms with van der Waals surface area (Å²) in [7, 11) is 0. The molecule has 1 aliphatic rings. The third-order valence-electron chi connectivity index (χ3n) is 4.57. The molecule has 1 fully saturated rings. The Kier molecular flexibility index (Phi) is 5.81. The molecule has 1 aromatic heterocycles. The number of nitrogens with one attached hydrogen (secondary N) is 1. The van der Waals surface area contributed by atoms with Crippen LogP contribution in [0.5, 0.6) is 0 Å². The van der Waals surface area contributed by atoms with E-state index in [0.717, 1.165) is 43.3 Å². The van der Waals surface area contributed by atoms with Crippen LogP contribution < -0.4 is 10.2 Å². The number of carbonyl (C=O) groups excluding carboxylic acids is 1. The van der Waals surface area contributed by atoms with Gasteiger partial charge in [0.05, 0.1) is 6.04 Å². The van der Waals surface area contributed by atoms with E-state index < -0.39 is 0 Å². The standard InChI is InChI=1S/C20H28N4OS/c1-20(2,3)15-17(16-7-5-4-6-8-16)22-18(25)23-10-12-24(13-11-23)19-21-9-14-26-19/h4-9,14,17H,10-13,15H2,1-3H3,(H,22,25). The number of aromatic nitrogens is 1. The van der Waals surface area contributed by atoms with E-state index in [0.29, 0.717) is 0 Å². The molecule has 2 heterocycles. The lowest BCUT2D eigenvalue weighted by Crippen LogP contribution is -2.52. The monoisotopic (exact) mass is 372 g/mol. The lowest BCUT2D eigenvalue weighted by atomic mass is 9.85. The summed E-state index contributed by atoms with van der Waals surface area (Å²) in [4.78, 5) is 21.4. The number of carbonyl (C=O) groups is 1. The number of nitrogens with zero attached hydrogens (tertiary/aromatic N) is 3. The number of urea groups is 1. The highest BCUT2D eigenvalue weighted by atomic mass is 32.1. The molecule has 1 aromatic carbocycles. The van der Waals surface area contributed by atoms with Gasteiger partial charge in [-0.25, -0.2) is 9.78 Å². The Labute approximate surface area is 160 Å². The van der Waals surface area contributed by atoms with Crippen LogP contribution in [-0.2, 0) is 0 Å². The van der Waals surface area contributed by atoms with Crippen LogP contribution in [0.25, 0.3) is 0 Å². The van der Waals surface area contributed by atoms with Gasteiger partial charge in [-0.2, -0.15) is 0 Å². The number of hydrogen-bond donors (Lipinski definition) is 1. The van der Waals surface area contributed by atoms with Gasteiger partial charge < -0.3 is 15.1 Å². The minimum atomic E-state index is 0.0284. The van der Waals surface area contributed by atoms with Crippen molar-refractivity contribution in [1.29, 1.82) is 0 Å². The number of amides is 2. The van der Waals surface area contributed by atoms with E-state index in [1.165, 1.54) is 0 Å². The van der Waals surface area contributed by atoms with Crippen LogP contribution in [0.3, 0.4) is 0 Å². The highest BCUT2D eigenvalue weighted by Crippen LogP contribution is 2.29. The summed E-state index contributed by atoms with van der Waals surface area (Å²) < 4.78 is 0. The van der Waals surface area contributed by atoms with Gasteiger partial charge >= 0.3 is 6.03 Å². The summed E-state index contributed by atoms with van der Waals surface area (Å²) >= 11 is 1.65. The van der Waals surface area contributed by atoms with Crippen LogP contribution in [0.2, 0.25) is 0 Å². The first-order chi connectivity index (χ1) is 12.4. The van der Waals surface area contributed by atoms with Crippen molar-refractivity contribution in [2.45, 2.75) is 33.2 Å². The van der Waals surface area contributed by atoms with Gasteiger partial charge in [-0.1, -0.05) is 51.1 Å². The molecule has 6 heteroatoms. The summed E-state index contributed by atoms with van der Waals surface area (Å²) in [5, 5.41) is 6.30. The summed E-state index contributed by atoms with van der Waals surface area (Å²) in [6, 6.07) is 10.3. The Balaban J connectivity index is 1.61. The van der Waals surface area contributed by atoms with Crippen molar-refractivity contribution >= 4 is 22.5 Å². The van der Waals surface area contributed by atoms with Crippen LogP contribution >= 0.6 is 11.3 Å². The number of anilines is 1. The lowest BCUT2D eigenvalue weighted by molar-refractivity contribution is 0.185. The second kappa shape index (κ2) is 8.08. The summed E-state index contributed by atoms with van der Waals surface area (Å²) in [5.41, 5.74) is 1.30. The van der Waals surface area contributed by atoms with Crippen molar-refractivity contribution in [3.8, 4) is 0 Å². The predicted octanol–water partition coefficient (Wildman–Crippen LogP) is 4.15. The molecule has 0 spiro atoms. The lowest BCUT2D eigenvalue weighted by Gasteiger charge is -2.36. The second-order valence-electron chi connectivity index (χ2n) is 7.97. The van der Waals surface area contributed by atoms with E-state index in [1.807, 2.05) is 34.7 Å². The topological polar surface area (TPSA) is 48.5 Å². The van der Waals surface area contributed by atoms with Gasteiger partial charge in [-0.15, -0.1) is 11.3 Å².